The molecule has 0 aliphatic rings. The van der Waals surface area contributed by atoms with Crippen LogP contribution in [0.25, 0.3) is 10.8 Å². The van der Waals surface area contributed by atoms with E-state index in [1.165, 1.54) is 0 Å². The van der Waals surface area contributed by atoms with Crippen LogP contribution in [0, 0.1) is 5.82 Å². The monoisotopic (exact) mass is 330 g/mol. The summed E-state index contributed by atoms with van der Waals surface area (Å²) in [5.74, 6) is 0.00243. The molecule has 3 nitrogen and oxygen atoms in total. The Kier molecular flexibility index (Phi) is 6.79. The SMILES string of the molecule is C=CCC/C=C/CCc1cc2ccc(OCCC)c(F)c2c(=O)o1. The minimum absolute atomic E-state index is 0.0473. The van der Waals surface area contributed by atoms with Crippen LogP contribution >= 0.6 is 0 Å². The van der Waals surface area contributed by atoms with Crippen molar-refractivity contribution < 1.29 is 13.5 Å². The summed E-state index contributed by atoms with van der Waals surface area (Å²) in [6.07, 6.45) is 10.1. The molecule has 1 heterocycles. The third-order valence-electron chi connectivity index (χ3n) is 3.61. The predicted octanol–water partition coefficient (Wildman–Crippen LogP) is 5.18. The smallest absolute Gasteiger partial charge is 0.346 e. The van der Waals surface area contributed by atoms with Gasteiger partial charge in [0.2, 0.25) is 0 Å². The summed E-state index contributed by atoms with van der Waals surface area (Å²) in [5.41, 5.74) is -0.655. The number of hydrogen-bond donors (Lipinski definition) is 0. The van der Waals surface area contributed by atoms with Crippen molar-refractivity contribution >= 4 is 10.8 Å². The van der Waals surface area contributed by atoms with Crippen molar-refractivity contribution in [2.45, 2.75) is 39.0 Å². The van der Waals surface area contributed by atoms with Gasteiger partial charge in [0.25, 0.3) is 0 Å². The first-order valence-corrected chi connectivity index (χ1v) is 8.31. The van der Waals surface area contributed by atoms with E-state index in [-0.39, 0.29) is 11.1 Å². The third kappa shape index (κ3) is 4.57. The first-order valence-electron chi connectivity index (χ1n) is 8.31. The number of unbranched alkanes of at least 4 members (excludes halogenated alkanes) is 1. The van der Waals surface area contributed by atoms with Crippen LogP contribution in [-0.2, 0) is 6.42 Å². The molecule has 2 aromatic rings. The minimum atomic E-state index is -0.655. The first-order chi connectivity index (χ1) is 11.7. The second kappa shape index (κ2) is 9.06. The van der Waals surface area contributed by atoms with Gasteiger partial charge in [-0.3, -0.25) is 0 Å². The quantitative estimate of drug-likeness (QED) is 0.470. The number of aryl methyl sites for hydroxylation is 1. The van der Waals surface area contributed by atoms with E-state index in [1.54, 1.807) is 18.2 Å². The fraction of sp³-hybridized carbons (Fsp3) is 0.350. The zero-order valence-electron chi connectivity index (χ0n) is 14.0. The van der Waals surface area contributed by atoms with Crippen molar-refractivity contribution in [1.29, 1.82) is 0 Å². The molecule has 128 valence electrons. The van der Waals surface area contributed by atoms with Crippen molar-refractivity contribution in [1.82, 2.24) is 0 Å². The zero-order valence-corrected chi connectivity index (χ0v) is 14.0. The average molecular weight is 330 g/mol. The number of fused-ring (bicyclic) bond motifs is 1. The molecule has 0 saturated carbocycles. The lowest BCUT2D eigenvalue weighted by atomic mass is 10.1. The maximum absolute atomic E-state index is 14.4. The summed E-state index contributed by atoms with van der Waals surface area (Å²) in [6.45, 7) is 6.01. The first kappa shape index (κ1) is 18.0. The number of rotatable bonds is 9. The summed E-state index contributed by atoms with van der Waals surface area (Å²) in [5, 5.41) is 0.493. The largest absolute Gasteiger partial charge is 0.491 e. The van der Waals surface area contributed by atoms with Gasteiger partial charge >= 0.3 is 5.63 Å². The number of allylic oxidation sites excluding steroid dienone is 3. The molecule has 0 spiro atoms. The molecule has 0 aliphatic carbocycles. The lowest BCUT2D eigenvalue weighted by molar-refractivity contribution is 0.302. The highest BCUT2D eigenvalue weighted by Gasteiger charge is 2.14. The van der Waals surface area contributed by atoms with Crippen LogP contribution < -0.4 is 10.4 Å². The molecular weight excluding hydrogens is 307 g/mol. The van der Waals surface area contributed by atoms with Gasteiger partial charge in [-0.15, -0.1) is 6.58 Å². The molecule has 1 aromatic carbocycles. The Balaban J connectivity index is 2.16. The molecule has 0 amide bonds. The Morgan fingerprint density at radius 1 is 1.25 bits per heavy atom. The molecule has 0 unspecified atom stereocenters. The summed E-state index contributed by atoms with van der Waals surface area (Å²) in [6, 6.07) is 4.98. The standard InChI is InChI=1S/C20H23FO3/c1-3-5-6-7-8-9-10-16-14-15-11-12-17(23-13-4-2)19(21)18(15)20(22)24-16/h3,7-8,11-12,14H,1,4-6,9-10,13H2,2H3/b8-7+. The molecule has 0 atom stereocenters. The topological polar surface area (TPSA) is 39.4 Å². The highest BCUT2D eigenvalue weighted by molar-refractivity contribution is 5.83. The van der Waals surface area contributed by atoms with Crippen LogP contribution in [0.1, 0.15) is 38.4 Å². The summed E-state index contributed by atoms with van der Waals surface area (Å²) in [4.78, 5) is 12.1. The van der Waals surface area contributed by atoms with E-state index in [9.17, 15) is 9.18 Å². The normalized spacial score (nSPS) is 11.2. The Morgan fingerprint density at radius 2 is 2.04 bits per heavy atom. The van der Waals surface area contributed by atoms with Gasteiger partial charge in [0, 0.05) is 6.42 Å². The maximum Gasteiger partial charge on any atom is 0.346 e. The average Bonchev–Trinajstić information content (AvgIpc) is 2.57. The Morgan fingerprint density at radius 3 is 2.79 bits per heavy atom. The molecule has 0 saturated heterocycles. The number of halogens is 1. The van der Waals surface area contributed by atoms with Crippen molar-refractivity contribution in [2.24, 2.45) is 0 Å². The molecule has 0 N–H and O–H groups in total. The maximum atomic E-state index is 14.4. The lowest BCUT2D eigenvalue weighted by Crippen LogP contribution is -2.06. The van der Waals surface area contributed by atoms with E-state index in [2.05, 4.69) is 18.7 Å². The second-order valence-electron chi connectivity index (χ2n) is 5.57. The molecule has 2 rings (SSSR count). The highest BCUT2D eigenvalue weighted by atomic mass is 19.1. The molecule has 0 aliphatic heterocycles. The van der Waals surface area contributed by atoms with E-state index in [0.717, 1.165) is 25.7 Å². The van der Waals surface area contributed by atoms with Gasteiger partial charge in [-0.2, -0.15) is 0 Å². The molecule has 1 aromatic heterocycles. The summed E-state index contributed by atoms with van der Waals surface area (Å²) < 4.78 is 25.0. The Labute approximate surface area is 141 Å². The van der Waals surface area contributed by atoms with Gasteiger partial charge in [-0.05, 0) is 43.2 Å². The summed E-state index contributed by atoms with van der Waals surface area (Å²) in [7, 11) is 0. The van der Waals surface area contributed by atoms with Gasteiger partial charge in [0.05, 0.1) is 6.61 Å². The van der Waals surface area contributed by atoms with Crippen molar-refractivity contribution in [3.8, 4) is 5.75 Å². The molecule has 4 heteroatoms. The third-order valence-corrected chi connectivity index (χ3v) is 3.61. The number of benzene rings is 1. The molecule has 24 heavy (non-hydrogen) atoms. The van der Waals surface area contributed by atoms with E-state index in [1.807, 2.05) is 13.0 Å². The zero-order chi connectivity index (χ0) is 17.4. The van der Waals surface area contributed by atoms with Gasteiger partial charge in [-0.25, -0.2) is 9.18 Å². The van der Waals surface area contributed by atoms with Crippen LogP contribution in [0.2, 0.25) is 0 Å². The van der Waals surface area contributed by atoms with Gasteiger partial charge in [-0.1, -0.05) is 31.2 Å². The molecular formula is C20H23FO3. The number of ether oxygens (including phenoxy) is 1. The van der Waals surface area contributed by atoms with Crippen molar-refractivity contribution in [3.63, 3.8) is 0 Å². The Bertz CT molecular complexity index is 774. The van der Waals surface area contributed by atoms with E-state index < -0.39 is 11.4 Å². The summed E-state index contributed by atoms with van der Waals surface area (Å²) >= 11 is 0. The van der Waals surface area contributed by atoms with E-state index in [0.29, 0.717) is 24.2 Å². The fourth-order valence-electron chi connectivity index (χ4n) is 2.39. The highest BCUT2D eigenvalue weighted by Crippen LogP contribution is 2.25. The van der Waals surface area contributed by atoms with E-state index in [4.69, 9.17) is 9.15 Å². The van der Waals surface area contributed by atoms with Crippen LogP contribution in [0.15, 0.2) is 52.2 Å². The molecule has 0 radical (unpaired) electrons. The lowest BCUT2D eigenvalue weighted by Gasteiger charge is -2.08. The predicted molar refractivity (Wildman–Crippen MR) is 95.1 cm³/mol. The van der Waals surface area contributed by atoms with E-state index >= 15 is 0 Å². The van der Waals surface area contributed by atoms with Gasteiger partial charge in [0.1, 0.15) is 11.1 Å². The minimum Gasteiger partial charge on any atom is -0.491 e. The fourth-order valence-corrected chi connectivity index (χ4v) is 2.39. The van der Waals surface area contributed by atoms with Gasteiger partial charge < -0.3 is 9.15 Å². The van der Waals surface area contributed by atoms with Crippen LogP contribution in [0.3, 0.4) is 0 Å². The van der Waals surface area contributed by atoms with Gasteiger partial charge in [0.15, 0.2) is 11.6 Å². The molecule has 0 bridgehead atoms. The van der Waals surface area contributed by atoms with Crippen LogP contribution in [-0.4, -0.2) is 6.61 Å². The van der Waals surface area contributed by atoms with Crippen molar-refractivity contribution in [3.05, 3.63) is 65.0 Å². The van der Waals surface area contributed by atoms with Crippen LogP contribution in [0.5, 0.6) is 5.75 Å². The Hall–Kier alpha value is -2.36. The van der Waals surface area contributed by atoms with Crippen molar-refractivity contribution in [2.75, 3.05) is 6.61 Å². The molecule has 0 fully saturated rings. The second-order valence-corrected chi connectivity index (χ2v) is 5.57. The number of hydrogen-bond acceptors (Lipinski definition) is 3. The van der Waals surface area contributed by atoms with Crippen LogP contribution in [0.4, 0.5) is 4.39 Å².